The number of sulfonamides is 1. The van der Waals surface area contributed by atoms with Gasteiger partial charge in [0.05, 0.1) is 11.4 Å². The predicted octanol–water partition coefficient (Wildman–Crippen LogP) is 2.31. The van der Waals surface area contributed by atoms with E-state index in [1.807, 2.05) is 58.0 Å². The molecule has 0 radical (unpaired) electrons. The topological polar surface area (TPSA) is 75.6 Å². The second-order valence-electron chi connectivity index (χ2n) is 7.24. The molecule has 8 heteroatoms. The minimum atomic E-state index is -3.55. The number of anilines is 1. The van der Waals surface area contributed by atoms with Crippen LogP contribution in [0, 0.1) is 20.8 Å². The van der Waals surface area contributed by atoms with Gasteiger partial charge in [-0.15, -0.1) is 10.2 Å². The first-order valence-electron chi connectivity index (χ1n) is 8.94. The molecule has 0 spiro atoms. The number of aromatic nitrogens is 2. The summed E-state index contributed by atoms with van der Waals surface area (Å²) in [5, 5.41) is 8.15. The fourth-order valence-corrected chi connectivity index (χ4v) is 5.40. The molecule has 1 saturated heterocycles. The lowest BCUT2D eigenvalue weighted by Gasteiger charge is -2.20. The first-order valence-corrected chi connectivity index (χ1v) is 10.4. The van der Waals surface area contributed by atoms with Gasteiger partial charge in [0, 0.05) is 26.7 Å². The maximum Gasteiger partial charge on any atom is 0.243 e. The van der Waals surface area contributed by atoms with Crippen molar-refractivity contribution in [2.24, 2.45) is 0 Å². The number of rotatable bonds is 5. The van der Waals surface area contributed by atoms with Crippen LogP contribution in [-0.4, -0.2) is 56.2 Å². The van der Waals surface area contributed by atoms with Crippen molar-refractivity contribution < 1.29 is 13.2 Å². The molecule has 7 nitrogen and oxygen atoms in total. The Morgan fingerprint density at radius 2 is 1.78 bits per heavy atom. The largest absolute Gasteiger partial charge is 0.472 e. The zero-order chi connectivity index (χ0) is 19.8. The lowest BCUT2D eigenvalue weighted by Crippen LogP contribution is -2.32. The van der Waals surface area contributed by atoms with E-state index in [4.69, 9.17) is 4.74 Å². The smallest absolute Gasteiger partial charge is 0.243 e. The molecule has 1 unspecified atom stereocenters. The molecular weight excluding hydrogens is 364 g/mol. The molecule has 0 saturated carbocycles. The Hall–Kier alpha value is -2.19. The Kier molecular flexibility index (Phi) is 5.39. The minimum Gasteiger partial charge on any atom is -0.472 e. The maximum atomic E-state index is 13.1. The summed E-state index contributed by atoms with van der Waals surface area (Å²) in [6.45, 7) is 6.41. The molecule has 3 rings (SSSR count). The molecule has 1 aliphatic heterocycles. The minimum absolute atomic E-state index is 0.231. The lowest BCUT2D eigenvalue weighted by molar-refractivity contribution is 0.204. The highest BCUT2D eigenvalue weighted by atomic mass is 32.2. The van der Waals surface area contributed by atoms with Gasteiger partial charge < -0.3 is 9.64 Å². The van der Waals surface area contributed by atoms with Crippen LogP contribution >= 0.6 is 0 Å². The third-order valence-electron chi connectivity index (χ3n) is 4.68. The third kappa shape index (κ3) is 4.06. The van der Waals surface area contributed by atoms with Crippen molar-refractivity contribution >= 4 is 15.8 Å². The quantitative estimate of drug-likeness (QED) is 0.780. The van der Waals surface area contributed by atoms with Crippen molar-refractivity contribution in [1.82, 2.24) is 14.5 Å². The summed E-state index contributed by atoms with van der Waals surface area (Å²) in [7, 11) is 0.227. The van der Waals surface area contributed by atoms with E-state index < -0.39 is 10.0 Å². The van der Waals surface area contributed by atoms with E-state index in [-0.39, 0.29) is 6.10 Å². The van der Waals surface area contributed by atoms with Crippen LogP contribution in [0.25, 0.3) is 0 Å². The summed E-state index contributed by atoms with van der Waals surface area (Å²) in [4.78, 5) is 2.26. The molecule has 1 aliphatic rings. The molecule has 2 heterocycles. The van der Waals surface area contributed by atoms with E-state index in [0.29, 0.717) is 30.3 Å². The standard InChI is InChI=1S/C19H26N4O3S/c1-13-10-14(2)19(15(3)11-13)27(24,25)23-9-8-16(12-23)26-18-7-6-17(20-21-18)22(4)5/h6-7,10-11,16H,8-9,12H2,1-5H3. The van der Waals surface area contributed by atoms with Gasteiger partial charge in [-0.05, 0) is 44.4 Å². The van der Waals surface area contributed by atoms with E-state index in [2.05, 4.69) is 10.2 Å². The maximum absolute atomic E-state index is 13.1. The van der Waals surface area contributed by atoms with Gasteiger partial charge in [0.1, 0.15) is 6.10 Å². The highest BCUT2D eigenvalue weighted by Crippen LogP contribution is 2.28. The predicted molar refractivity (Wildman–Crippen MR) is 105 cm³/mol. The second kappa shape index (κ2) is 7.44. The summed E-state index contributed by atoms with van der Waals surface area (Å²) < 4.78 is 33.6. The van der Waals surface area contributed by atoms with Gasteiger partial charge in [-0.2, -0.15) is 4.31 Å². The molecule has 1 aromatic heterocycles. The van der Waals surface area contributed by atoms with Gasteiger partial charge in [0.2, 0.25) is 15.9 Å². The monoisotopic (exact) mass is 390 g/mol. The van der Waals surface area contributed by atoms with Crippen molar-refractivity contribution in [3.63, 3.8) is 0 Å². The highest BCUT2D eigenvalue weighted by molar-refractivity contribution is 7.89. The molecule has 1 atom stereocenters. The fraction of sp³-hybridized carbons (Fsp3) is 0.474. The number of hydrogen-bond donors (Lipinski definition) is 0. The van der Waals surface area contributed by atoms with Gasteiger partial charge in [-0.25, -0.2) is 8.42 Å². The fourth-order valence-electron chi connectivity index (χ4n) is 3.50. The number of nitrogens with zero attached hydrogens (tertiary/aromatic N) is 4. The molecule has 0 amide bonds. The van der Waals surface area contributed by atoms with E-state index >= 15 is 0 Å². The van der Waals surface area contributed by atoms with Crippen molar-refractivity contribution in [3.8, 4) is 5.88 Å². The van der Waals surface area contributed by atoms with Crippen molar-refractivity contribution in [2.45, 2.75) is 38.2 Å². The first kappa shape index (κ1) is 19.6. The van der Waals surface area contributed by atoms with E-state index in [9.17, 15) is 8.42 Å². The Labute approximate surface area is 161 Å². The number of aryl methyl sites for hydroxylation is 3. The highest BCUT2D eigenvalue weighted by Gasteiger charge is 2.35. The van der Waals surface area contributed by atoms with Crippen LogP contribution < -0.4 is 9.64 Å². The van der Waals surface area contributed by atoms with Crippen LogP contribution in [0.4, 0.5) is 5.82 Å². The van der Waals surface area contributed by atoms with Gasteiger partial charge >= 0.3 is 0 Å². The Morgan fingerprint density at radius 3 is 2.33 bits per heavy atom. The average Bonchev–Trinajstić information content (AvgIpc) is 3.03. The summed E-state index contributed by atoms with van der Waals surface area (Å²) >= 11 is 0. The van der Waals surface area contributed by atoms with Gasteiger partial charge in [-0.3, -0.25) is 0 Å². The van der Waals surface area contributed by atoms with Crippen LogP contribution in [-0.2, 0) is 10.0 Å². The first-order chi connectivity index (χ1) is 12.7. The van der Waals surface area contributed by atoms with E-state index in [1.54, 1.807) is 6.07 Å². The molecule has 0 N–H and O–H groups in total. The molecule has 2 aromatic rings. The van der Waals surface area contributed by atoms with E-state index in [1.165, 1.54) is 4.31 Å². The summed E-state index contributed by atoms with van der Waals surface area (Å²) in [6.07, 6.45) is 0.394. The van der Waals surface area contributed by atoms with E-state index in [0.717, 1.165) is 22.5 Å². The molecule has 0 bridgehead atoms. The molecule has 1 aromatic carbocycles. The second-order valence-corrected chi connectivity index (χ2v) is 9.12. The van der Waals surface area contributed by atoms with Gasteiger partial charge in [0.15, 0.2) is 5.82 Å². The average molecular weight is 391 g/mol. The Balaban J connectivity index is 1.73. The Bertz CT molecular complexity index is 903. The van der Waals surface area contributed by atoms with Crippen LogP contribution in [0.3, 0.4) is 0 Å². The SMILES string of the molecule is Cc1cc(C)c(S(=O)(=O)N2CCC(Oc3ccc(N(C)C)nn3)C2)c(C)c1. The van der Waals surface area contributed by atoms with Crippen molar-refractivity contribution in [2.75, 3.05) is 32.1 Å². The van der Waals surface area contributed by atoms with Crippen LogP contribution in [0.1, 0.15) is 23.1 Å². The van der Waals surface area contributed by atoms with Gasteiger partial charge in [0.25, 0.3) is 0 Å². The van der Waals surface area contributed by atoms with Crippen molar-refractivity contribution in [3.05, 3.63) is 41.0 Å². The van der Waals surface area contributed by atoms with Crippen LogP contribution in [0.2, 0.25) is 0 Å². The van der Waals surface area contributed by atoms with Crippen LogP contribution in [0.15, 0.2) is 29.2 Å². The summed E-state index contributed by atoms with van der Waals surface area (Å²) in [5.41, 5.74) is 2.62. The van der Waals surface area contributed by atoms with Crippen molar-refractivity contribution in [1.29, 1.82) is 0 Å². The third-order valence-corrected chi connectivity index (χ3v) is 6.85. The summed E-state index contributed by atoms with van der Waals surface area (Å²) in [5.74, 6) is 1.15. The van der Waals surface area contributed by atoms with Gasteiger partial charge in [-0.1, -0.05) is 17.7 Å². The number of ether oxygens (including phenoxy) is 1. The molecule has 146 valence electrons. The molecule has 1 fully saturated rings. The number of benzene rings is 1. The zero-order valence-corrected chi connectivity index (χ0v) is 17.2. The summed E-state index contributed by atoms with van der Waals surface area (Å²) in [6, 6.07) is 7.40. The lowest BCUT2D eigenvalue weighted by atomic mass is 10.1. The molecular formula is C19H26N4O3S. The number of hydrogen-bond acceptors (Lipinski definition) is 6. The zero-order valence-electron chi connectivity index (χ0n) is 16.4. The molecule has 27 heavy (non-hydrogen) atoms. The Morgan fingerprint density at radius 1 is 1.11 bits per heavy atom. The normalized spacial score (nSPS) is 17.9. The van der Waals surface area contributed by atoms with Crippen LogP contribution in [0.5, 0.6) is 5.88 Å². The molecule has 0 aliphatic carbocycles.